The Labute approximate surface area is 170 Å². The number of nitrogens with zero attached hydrogens (tertiary/aromatic N) is 2. The van der Waals surface area contributed by atoms with Crippen LogP contribution in [0.15, 0.2) is 54.6 Å². The van der Waals surface area contributed by atoms with Crippen LogP contribution in [0.3, 0.4) is 0 Å². The number of esters is 1. The van der Waals surface area contributed by atoms with Gasteiger partial charge >= 0.3 is 5.97 Å². The van der Waals surface area contributed by atoms with Crippen molar-refractivity contribution >= 4 is 23.5 Å². The SMILES string of the molecule is CC(=O)Nc1cccc(C(=O)OCC(=O)N2CCN(Cc3ccccc3)CC2)c1. The van der Waals surface area contributed by atoms with Crippen molar-refractivity contribution in [2.45, 2.75) is 13.5 Å². The molecule has 29 heavy (non-hydrogen) atoms. The molecule has 1 aliphatic heterocycles. The van der Waals surface area contributed by atoms with E-state index in [0.717, 1.165) is 19.6 Å². The minimum atomic E-state index is -0.590. The summed E-state index contributed by atoms with van der Waals surface area (Å²) >= 11 is 0. The number of carbonyl (C=O) groups excluding carboxylic acids is 3. The molecule has 152 valence electrons. The molecule has 2 amide bonds. The van der Waals surface area contributed by atoms with Gasteiger partial charge in [-0.25, -0.2) is 4.79 Å². The molecule has 2 aromatic rings. The van der Waals surface area contributed by atoms with Gasteiger partial charge in [0.15, 0.2) is 6.61 Å². The van der Waals surface area contributed by atoms with Gasteiger partial charge in [0, 0.05) is 45.3 Å². The van der Waals surface area contributed by atoms with Crippen molar-refractivity contribution in [1.82, 2.24) is 9.80 Å². The molecule has 1 saturated heterocycles. The van der Waals surface area contributed by atoms with Gasteiger partial charge in [-0.15, -0.1) is 0 Å². The van der Waals surface area contributed by atoms with Gasteiger partial charge in [-0.2, -0.15) is 0 Å². The summed E-state index contributed by atoms with van der Waals surface area (Å²) in [5, 5.41) is 2.61. The van der Waals surface area contributed by atoms with E-state index >= 15 is 0 Å². The fourth-order valence-corrected chi connectivity index (χ4v) is 3.23. The predicted molar refractivity (Wildman–Crippen MR) is 109 cm³/mol. The lowest BCUT2D eigenvalue weighted by Gasteiger charge is -2.34. The highest BCUT2D eigenvalue weighted by atomic mass is 16.5. The van der Waals surface area contributed by atoms with Crippen molar-refractivity contribution in [3.05, 3.63) is 65.7 Å². The molecule has 2 aromatic carbocycles. The van der Waals surface area contributed by atoms with E-state index in [0.29, 0.717) is 18.8 Å². The molecule has 3 rings (SSSR count). The summed E-state index contributed by atoms with van der Waals surface area (Å²) in [5.41, 5.74) is 2.05. The van der Waals surface area contributed by atoms with Crippen molar-refractivity contribution < 1.29 is 19.1 Å². The van der Waals surface area contributed by atoms with Crippen LogP contribution >= 0.6 is 0 Å². The fourth-order valence-electron chi connectivity index (χ4n) is 3.23. The van der Waals surface area contributed by atoms with Crippen LogP contribution in [0.2, 0.25) is 0 Å². The minimum Gasteiger partial charge on any atom is -0.452 e. The Morgan fingerprint density at radius 2 is 1.69 bits per heavy atom. The van der Waals surface area contributed by atoms with E-state index in [-0.39, 0.29) is 24.0 Å². The summed E-state index contributed by atoms with van der Waals surface area (Å²) in [5.74, 6) is -1.01. The van der Waals surface area contributed by atoms with Crippen molar-refractivity contribution in [3.63, 3.8) is 0 Å². The highest BCUT2D eigenvalue weighted by molar-refractivity contribution is 5.94. The number of benzene rings is 2. The van der Waals surface area contributed by atoms with Crippen LogP contribution in [-0.4, -0.2) is 60.4 Å². The van der Waals surface area contributed by atoms with E-state index in [9.17, 15) is 14.4 Å². The monoisotopic (exact) mass is 395 g/mol. The predicted octanol–water partition coefficient (Wildman–Crippen LogP) is 2.15. The smallest absolute Gasteiger partial charge is 0.338 e. The van der Waals surface area contributed by atoms with Crippen LogP contribution in [-0.2, 0) is 20.9 Å². The van der Waals surface area contributed by atoms with Gasteiger partial charge in [-0.05, 0) is 23.8 Å². The molecule has 0 spiro atoms. The summed E-state index contributed by atoms with van der Waals surface area (Å²) in [6.45, 7) is 4.76. The third kappa shape index (κ3) is 6.15. The zero-order valence-corrected chi connectivity index (χ0v) is 16.5. The number of carbonyl (C=O) groups is 3. The van der Waals surface area contributed by atoms with Crippen LogP contribution in [0.1, 0.15) is 22.8 Å². The Balaban J connectivity index is 1.44. The summed E-state index contributed by atoms with van der Waals surface area (Å²) in [7, 11) is 0. The molecule has 1 heterocycles. The van der Waals surface area contributed by atoms with Gasteiger partial charge in [0.2, 0.25) is 5.91 Å². The zero-order chi connectivity index (χ0) is 20.6. The molecule has 1 N–H and O–H groups in total. The quantitative estimate of drug-likeness (QED) is 0.759. The van der Waals surface area contributed by atoms with E-state index in [2.05, 4.69) is 22.3 Å². The number of hydrogen-bond acceptors (Lipinski definition) is 5. The largest absolute Gasteiger partial charge is 0.452 e. The van der Waals surface area contributed by atoms with E-state index in [1.54, 1.807) is 23.1 Å². The molecule has 0 aliphatic carbocycles. The second-order valence-corrected chi connectivity index (χ2v) is 6.98. The maximum absolute atomic E-state index is 12.4. The van der Waals surface area contributed by atoms with Gasteiger partial charge in [-0.1, -0.05) is 36.4 Å². The Morgan fingerprint density at radius 3 is 2.38 bits per heavy atom. The average molecular weight is 395 g/mol. The number of ether oxygens (including phenoxy) is 1. The van der Waals surface area contributed by atoms with E-state index in [1.807, 2.05) is 18.2 Å². The Hall–Kier alpha value is -3.19. The normalized spacial score (nSPS) is 14.3. The number of nitrogens with one attached hydrogen (secondary N) is 1. The van der Waals surface area contributed by atoms with Crippen LogP contribution in [0.5, 0.6) is 0 Å². The highest BCUT2D eigenvalue weighted by Gasteiger charge is 2.22. The van der Waals surface area contributed by atoms with Gasteiger partial charge in [0.1, 0.15) is 0 Å². The van der Waals surface area contributed by atoms with Gasteiger partial charge < -0.3 is 15.0 Å². The van der Waals surface area contributed by atoms with Gasteiger partial charge in [-0.3, -0.25) is 14.5 Å². The number of rotatable bonds is 6. The van der Waals surface area contributed by atoms with E-state index in [1.165, 1.54) is 18.6 Å². The van der Waals surface area contributed by atoms with Crippen LogP contribution in [0.25, 0.3) is 0 Å². The average Bonchev–Trinajstić information content (AvgIpc) is 2.73. The molecule has 0 saturated carbocycles. The number of hydrogen-bond donors (Lipinski definition) is 1. The Kier molecular flexibility index (Phi) is 6.97. The molecule has 7 heteroatoms. The van der Waals surface area contributed by atoms with Gasteiger partial charge in [0.25, 0.3) is 5.91 Å². The van der Waals surface area contributed by atoms with Crippen molar-refractivity contribution in [2.24, 2.45) is 0 Å². The molecule has 1 aliphatic rings. The molecular weight excluding hydrogens is 370 g/mol. The summed E-state index contributed by atoms with van der Waals surface area (Å²) in [6.07, 6.45) is 0. The topological polar surface area (TPSA) is 78.9 Å². The summed E-state index contributed by atoms with van der Waals surface area (Å²) in [4.78, 5) is 39.8. The number of piperazine rings is 1. The maximum Gasteiger partial charge on any atom is 0.338 e. The third-order valence-corrected chi connectivity index (χ3v) is 4.72. The fraction of sp³-hybridized carbons (Fsp3) is 0.318. The summed E-state index contributed by atoms with van der Waals surface area (Å²) in [6, 6.07) is 16.7. The first-order valence-corrected chi connectivity index (χ1v) is 9.60. The molecule has 0 unspecified atom stereocenters. The highest BCUT2D eigenvalue weighted by Crippen LogP contribution is 2.12. The molecule has 0 atom stereocenters. The number of amides is 2. The first-order chi connectivity index (χ1) is 14.0. The number of anilines is 1. The van der Waals surface area contributed by atoms with E-state index < -0.39 is 5.97 Å². The van der Waals surface area contributed by atoms with Gasteiger partial charge in [0.05, 0.1) is 5.56 Å². The first kappa shape index (κ1) is 20.5. The van der Waals surface area contributed by atoms with Crippen molar-refractivity contribution in [3.8, 4) is 0 Å². The molecule has 0 bridgehead atoms. The maximum atomic E-state index is 12.4. The molecule has 0 aromatic heterocycles. The summed E-state index contributed by atoms with van der Waals surface area (Å²) < 4.78 is 5.17. The molecular formula is C22H25N3O4. The van der Waals surface area contributed by atoms with E-state index in [4.69, 9.17) is 4.74 Å². The van der Waals surface area contributed by atoms with Crippen LogP contribution in [0.4, 0.5) is 5.69 Å². The lowest BCUT2D eigenvalue weighted by Crippen LogP contribution is -2.49. The molecule has 7 nitrogen and oxygen atoms in total. The lowest BCUT2D eigenvalue weighted by molar-refractivity contribution is -0.136. The minimum absolute atomic E-state index is 0.198. The second kappa shape index (κ2) is 9.84. The van der Waals surface area contributed by atoms with Crippen molar-refractivity contribution in [2.75, 3.05) is 38.1 Å². The van der Waals surface area contributed by atoms with Crippen LogP contribution in [0, 0.1) is 0 Å². The third-order valence-electron chi connectivity index (χ3n) is 4.72. The lowest BCUT2D eigenvalue weighted by atomic mass is 10.2. The Bertz CT molecular complexity index is 861. The second-order valence-electron chi connectivity index (χ2n) is 6.98. The molecule has 0 radical (unpaired) electrons. The molecule has 1 fully saturated rings. The Morgan fingerprint density at radius 1 is 0.966 bits per heavy atom. The van der Waals surface area contributed by atoms with Crippen molar-refractivity contribution in [1.29, 1.82) is 0 Å². The zero-order valence-electron chi connectivity index (χ0n) is 16.5. The van der Waals surface area contributed by atoms with Crippen LogP contribution < -0.4 is 5.32 Å². The standard InChI is InChI=1S/C22H25N3O4/c1-17(26)23-20-9-5-8-19(14-20)22(28)29-16-21(27)25-12-10-24(11-13-25)15-18-6-3-2-4-7-18/h2-9,14H,10-13,15-16H2,1H3,(H,23,26). The first-order valence-electron chi connectivity index (χ1n) is 9.60.